The van der Waals surface area contributed by atoms with Gasteiger partial charge in [0.05, 0.1) is 36.4 Å². The minimum absolute atomic E-state index is 0.0183. The Kier molecular flexibility index (Phi) is 5.69. The van der Waals surface area contributed by atoms with Gasteiger partial charge in [-0.05, 0) is 12.1 Å². The van der Waals surface area contributed by atoms with Crippen molar-refractivity contribution in [3.8, 4) is 0 Å². The van der Waals surface area contributed by atoms with Gasteiger partial charge in [0, 0.05) is 17.1 Å². The predicted octanol–water partition coefficient (Wildman–Crippen LogP) is 3.20. The zero-order valence-corrected chi connectivity index (χ0v) is 14.1. The lowest BCUT2D eigenvalue weighted by Crippen LogP contribution is -2.33. The van der Waals surface area contributed by atoms with Crippen LogP contribution in [-0.2, 0) is 19.1 Å². The van der Waals surface area contributed by atoms with E-state index in [-0.39, 0.29) is 27.6 Å². The molecule has 1 unspecified atom stereocenters. The summed E-state index contributed by atoms with van der Waals surface area (Å²) in [5, 5.41) is 3.44. The third-order valence-electron chi connectivity index (χ3n) is 3.38. The minimum atomic E-state index is -0.790. The fourth-order valence-electron chi connectivity index (χ4n) is 2.26. The molecule has 1 atom stereocenters. The van der Waals surface area contributed by atoms with Crippen molar-refractivity contribution in [1.82, 2.24) is 0 Å². The van der Waals surface area contributed by atoms with E-state index in [1.165, 1.54) is 14.2 Å². The number of hydrogen-bond acceptors (Lipinski definition) is 5. The molecule has 1 aliphatic carbocycles. The van der Waals surface area contributed by atoms with E-state index in [1.54, 1.807) is 12.1 Å². The Labute approximate surface area is 143 Å². The van der Waals surface area contributed by atoms with Crippen LogP contribution in [0.2, 0.25) is 0 Å². The maximum absolute atomic E-state index is 12.1. The average Bonchev–Trinajstić information content (AvgIpc) is 2.57. The molecule has 1 aliphatic rings. The minimum Gasteiger partial charge on any atom is -0.466 e. The lowest BCUT2D eigenvalue weighted by Gasteiger charge is -2.27. The summed E-state index contributed by atoms with van der Waals surface area (Å²) in [5.41, 5.74) is 1.10. The first-order chi connectivity index (χ1) is 11.0. The number of hydrogen-bond donors (Lipinski definition) is 1. The van der Waals surface area contributed by atoms with Gasteiger partial charge in [-0.15, -0.1) is 0 Å². The fraction of sp³-hybridized carbons (Fsp3) is 0.250. The summed E-state index contributed by atoms with van der Waals surface area (Å²) in [6.07, 6.45) is 0.0183. The van der Waals surface area contributed by atoms with Crippen LogP contribution in [0.3, 0.4) is 0 Å². The summed E-state index contributed by atoms with van der Waals surface area (Å²) in [6, 6.07) is 8.33. The topological polar surface area (TPSA) is 64.6 Å². The first-order valence-electron chi connectivity index (χ1n) is 6.74. The van der Waals surface area contributed by atoms with E-state index in [2.05, 4.69) is 5.32 Å². The number of methoxy groups -OCH3 is 2. The number of carbonyl (C=O) groups excluding carboxylic acids is 2. The summed E-state index contributed by atoms with van der Waals surface area (Å²) >= 11 is 12.6. The number of allylic oxidation sites excluding steroid dienone is 1. The molecule has 0 aromatic heterocycles. The molecule has 1 aromatic carbocycles. The van der Waals surface area contributed by atoms with Gasteiger partial charge in [0.1, 0.15) is 0 Å². The molecule has 0 fully saturated rings. The summed E-state index contributed by atoms with van der Waals surface area (Å²) < 4.78 is 9.50. The van der Waals surface area contributed by atoms with Gasteiger partial charge < -0.3 is 14.8 Å². The van der Waals surface area contributed by atoms with E-state index in [9.17, 15) is 9.59 Å². The van der Waals surface area contributed by atoms with Crippen molar-refractivity contribution < 1.29 is 19.1 Å². The van der Waals surface area contributed by atoms with Crippen molar-refractivity contribution in [2.45, 2.75) is 12.5 Å². The van der Waals surface area contributed by atoms with Crippen LogP contribution in [0.25, 0.3) is 0 Å². The number of nitrogens with one attached hydrogen (secondary N) is 1. The quantitative estimate of drug-likeness (QED) is 0.840. The van der Waals surface area contributed by atoms with E-state index in [1.807, 2.05) is 18.2 Å². The molecule has 0 heterocycles. The first-order valence-corrected chi connectivity index (χ1v) is 7.50. The summed E-state index contributed by atoms with van der Waals surface area (Å²) in [5.74, 6) is -1.19. The predicted molar refractivity (Wildman–Crippen MR) is 88.3 cm³/mol. The molecule has 0 spiro atoms. The van der Waals surface area contributed by atoms with Gasteiger partial charge in [-0.1, -0.05) is 41.4 Å². The van der Waals surface area contributed by atoms with Crippen molar-refractivity contribution in [3.05, 3.63) is 51.5 Å². The van der Waals surface area contributed by atoms with Crippen molar-refractivity contribution in [3.63, 3.8) is 0 Å². The van der Waals surface area contributed by atoms with Gasteiger partial charge in [-0.3, -0.25) is 0 Å². The number of ether oxygens (including phenoxy) is 2. The second-order valence-corrected chi connectivity index (χ2v) is 5.61. The summed E-state index contributed by atoms with van der Waals surface area (Å²) in [4.78, 5) is 23.9. The molecule has 23 heavy (non-hydrogen) atoms. The third-order valence-corrected chi connectivity index (χ3v) is 4.16. The van der Waals surface area contributed by atoms with Gasteiger partial charge in [0.2, 0.25) is 0 Å². The first kappa shape index (κ1) is 17.4. The van der Waals surface area contributed by atoms with Crippen LogP contribution in [0.5, 0.6) is 0 Å². The van der Waals surface area contributed by atoms with Crippen LogP contribution < -0.4 is 5.32 Å². The smallest absolute Gasteiger partial charge is 0.337 e. The largest absolute Gasteiger partial charge is 0.466 e. The molecule has 7 heteroatoms. The van der Waals surface area contributed by atoms with Crippen LogP contribution in [0.4, 0.5) is 5.69 Å². The van der Waals surface area contributed by atoms with Crippen LogP contribution >= 0.6 is 23.2 Å². The maximum atomic E-state index is 12.1. The highest BCUT2D eigenvalue weighted by Gasteiger charge is 2.36. The molecule has 0 bridgehead atoms. The Balaban J connectivity index is 2.47. The van der Waals surface area contributed by atoms with Gasteiger partial charge in [-0.2, -0.15) is 0 Å². The molecule has 0 amide bonds. The SMILES string of the molecule is COC(=O)C1=C(Cl)C(Nc2ccccc2)C(C(=O)OC)=C(Cl)C1. The number of carbonyl (C=O) groups is 2. The van der Waals surface area contributed by atoms with Crippen LogP contribution in [0, 0.1) is 0 Å². The Morgan fingerprint density at radius 2 is 1.70 bits per heavy atom. The standard InChI is InChI=1S/C16H15Cl2NO4/c1-22-15(20)10-8-11(17)12(16(21)23-2)14(13(10)18)19-9-6-4-3-5-7-9/h3-7,14,19H,8H2,1-2H3. The van der Waals surface area contributed by atoms with Crippen molar-refractivity contribution >= 4 is 40.8 Å². The fourth-order valence-corrected chi connectivity index (χ4v) is 2.89. The monoisotopic (exact) mass is 355 g/mol. The van der Waals surface area contributed by atoms with Gasteiger partial charge in [-0.25, -0.2) is 9.59 Å². The number of para-hydroxylation sites is 1. The Hall–Kier alpha value is -1.98. The summed E-state index contributed by atoms with van der Waals surface area (Å²) in [6.45, 7) is 0. The van der Waals surface area contributed by atoms with E-state index in [0.29, 0.717) is 5.69 Å². The highest BCUT2D eigenvalue weighted by molar-refractivity contribution is 6.37. The molecule has 1 aromatic rings. The zero-order chi connectivity index (χ0) is 17.0. The maximum Gasteiger partial charge on any atom is 0.337 e. The molecule has 0 saturated heterocycles. The second-order valence-electron chi connectivity index (χ2n) is 4.75. The van der Waals surface area contributed by atoms with E-state index in [0.717, 1.165) is 0 Å². The highest BCUT2D eigenvalue weighted by Crippen LogP contribution is 2.37. The third kappa shape index (κ3) is 3.68. The highest BCUT2D eigenvalue weighted by atomic mass is 35.5. The lowest BCUT2D eigenvalue weighted by molar-refractivity contribution is -0.137. The average molecular weight is 356 g/mol. The Morgan fingerprint density at radius 1 is 1.09 bits per heavy atom. The molecule has 5 nitrogen and oxygen atoms in total. The number of halogens is 2. The normalized spacial score (nSPS) is 17.8. The van der Waals surface area contributed by atoms with Gasteiger partial charge >= 0.3 is 11.9 Å². The van der Waals surface area contributed by atoms with Crippen molar-refractivity contribution in [2.75, 3.05) is 19.5 Å². The molecule has 1 N–H and O–H groups in total. The molecule has 0 aliphatic heterocycles. The number of benzene rings is 1. The lowest BCUT2D eigenvalue weighted by atomic mass is 9.93. The van der Waals surface area contributed by atoms with E-state index < -0.39 is 18.0 Å². The second kappa shape index (κ2) is 7.53. The number of anilines is 1. The zero-order valence-electron chi connectivity index (χ0n) is 12.6. The van der Waals surface area contributed by atoms with E-state index in [4.69, 9.17) is 32.7 Å². The van der Waals surface area contributed by atoms with E-state index >= 15 is 0 Å². The molecule has 2 rings (SSSR count). The molecular weight excluding hydrogens is 341 g/mol. The Bertz CT molecular complexity index is 683. The molecule has 0 radical (unpaired) electrons. The van der Waals surface area contributed by atoms with Crippen molar-refractivity contribution in [2.24, 2.45) is 0 Å². The number of rotatable bonds is 4. The number of esters is 2. The Morgan fingerprint density at radius 3 is 2.26 bits per heavy atom. The van der Waals surface area contributed by atoms with Gasteiger partial charge in [0.15, 0.2) is 0 Å². The molecule has 122 valence electrons. The molecular formula is C16H15Cl2NO4. The van der Waals surface area contributed by atoms with Crippen molar-refractivity contribution in [1.29, 1.82) is 0 Å². The molecule has 0 saturated carbocycles. The van der Waals surface area contributed by atoms with Crippen LogP contribution in [0.1, 0.15) is 6.42 Å². The van der Waals surface area contributed by atoms with Crippen LogP contribution in [-0.4, -0.2) is 32.2 Å². The van der Waals surface area contributed by atoms with Gasteiger partial charge in [0.25, 0.3) is 0 Å². The summed E-state index contributed by atoms with van der Waals surface area (Å²) in [7, 11) is 2.51. The van der Waals surface area contributed by atoms with Crippen LogP contribution in [0.15, 0.2) is 51.5 Å².